The number of nitrogen functional groups attached to an aromatic ring is 1. The van der Waals surface area contributed by atoms with Crippen LogP contribution in [0.5, 0.6) is 0 Å². The van der Waals surface area contributed by atoms with Crippen LogP contribution in [0.25, 0.3) is 11.4 Å². The van der Waals surface area contributed by atoms with Crippen LogP contribution in [0.4, 0.5) is 5.13 Å². The number of thioether (sulfide) groups is 1. The Kier molecular flexibility index (Phi) is 5.54. The van der Waals surface area contributed by atoms with E-state index < -0.39 is 0 Å². The molecule has 0 aliphatic carbocycles. The van der Waals surface area contributed by atoms with Gasteiger partial charge in [-0.3, -0.25) is 0 Å². The number of unbranched alkanes of at least 4 members (excludes halogenated alkanes) is 2. The van der Waals surface area contributed by atoms with E-state index in [9.17, 15) is 0 Å². The number of aromatic nitrogens is 6. The first kappa shape index (κ1) is 15.9. The van der Waals surface area contributed by atoms with E-state index in [0.717, 1.165) is 41.5 Å². The van der Waals surface area contributed by atoms with Crippen molar-refractivity contribution in [1.29, 1.82) is 0 Å². The molecule has 0 unspecified atom stereocenters. The van der Waals surface area contributed by atoms with E-state index in [4.69, 9.17) is 5.73 Å². The molecule has 0 radical (unpaired) electrons. The van der Waals surface area contributed by atoms with Crippen LogP contribution in [0.2, 0.25) is 0 Å². The fraction of sp³-hybridized carbons (Fsp3) is 0.357. The number of nitrogens with two attached hydrogens (primary N) is 1. The van der Waals surface area contributed by atoms with Crippen molar-refractivity contribution >= 4 is 28.2 Å². The molecule has 9 heteroatoms. The summed E-state index contributed by atoms with van der Waals surface area (Å²) < 4.78 is 0.938. The van der Waals surface area contributed by atoms with Crippen molar-refractivity contribution in [3.8, 4) is 11.4 Å². The molecule has 0 fully saturated rings. The van der Waals surface area contributed by atoms with Crippen LogP contribution in [-0.4, -0.2) is 36.2 Å². The first-order chi connectivity index (χ1) is 11.3. The lowest BCUT2D eigenvalue weighted by molar-refractivity contribution is 0.487. The Morgan fingerprint density at radius 1 is 1.04 bits per heavy atom. The third-order valence-corrected chi connectivity index (χ3v) is 5.11. The summed E-state index contributed by atoms with van der Waals surface area (Å²) in [5.41, 5.74) is 6.54. The van der Waals surface area contributed by atoms with Gasteiger partial charge in [0.2, 0.25) is 11.0 Å². The normalized spacial score (nSPS) is 11.0. The molecule has 0 saturated carbocycles. The van der Waals surface area contributed by atoms with Crippen LogP contribution in [0.15, 0.2) is 34.7 Å². The number of hydrogen-bond acceptors (Lipinski definition) is 8. The summed E-state index contributed by atoms with van der Waals surface area (Å²) in [7, 11) is 0. The largest absolute Gasteiger partial charge is 0.374 e. The zero-order chi connectivity index (χ0) is 15.9. The number of anilines is 1. The Balaban J connectivity index is 1.35. The van der Waals surface area contributed by atoms with Gasteiger partial charge in [-0.2, -0.15) is 4.80 Å². The molecule has 0 aliphatic rings. The molecule has 3 aromatic rings. The summed E-state index contributed by atoms with van der Waals surface area (Å²) in [5, 5.41) is 20.9. The van der Waals surface area contributed by atoms with Gasteiger partial charge in [0.25, 0.3) is 0 Å². The van der Waals surface area contributed by atoms with Crippen molar-refractivity contribution < 1.29 is 0 Å². The summed E-state index contributed by atoms with van der Waals surface area (Å²) in [4.78, 5) is 1.67. The van der Waals surface area contributed by atoms with Crippen molar-refractivity contribution in [2.45, 2.75) is 30.1 Å². The molecule has 0 amide bonds. The van der Waals surface area contributed by atoms with Gasteiger partial charge in [0, 0.05) is 11.3 Å². The second-order valence-electron chi connectivity index (χ2n) is 4.89. The molecular formula is C14H17N7S2. The lowest BCUT2D eigenvalue weighted by atomic mass is 10.2. The van der Waals surface area contributed by atoms with Gasteiger partial charge in [-0.25, -0.2) is 0 Å². The maximum Gasteiger partial charge on any atom is 0.204 e. The lowest BCUT2D eigenvalue weighted by Crippen LogP contribution is -2.02. The highest BCUT2D eigenvalue weighted by molar-refractivity contribution is 8.01. The average molecular weight is 347 g/mol. The minimum Gasteiger partial charge on any atom is -0.374 e. The number of nitrogens with zero attached hydrogens (tertiary/aromatic N) is 6. The third kappa shape index (κ3) is 4.73. The molecule has 120 valence electrons. The van der Waals surface area contributed by atoms with Gasteiger partial charge in [0.05, 0.1) is 6.54 Å². The SMILES string of the molecule is Nc1nnc(SCCCCCn2nnc(-c3ccccc3)n2)s1. The molecule has 2 N–H and O–H groups in total. The molecule has 0 atom stereocenters. The van der Waals surface area contributed by atoms with E-state index in [1.807, 2.05) is 30.3 Å². The molecule has 2 aromatic heterocycles. The lowest BCUT2D eigenvalue weighted by Gasteiger charge is -1.99. The van der Waals surface area contributed by atoms with Gasteiger partial charge in [0.1, 0.15) is 0 Å². The fourth-order valence-corrected chi connectivity index (χ4v) is 3.72. The molecule has 0 spiro atoms. The van der Waals surface area contributed by atoms with E-state index in [2.05, 4.69) is 25.6 Å². The Bertz CT molecular complexity index is 726. The standard InChI is InChI=1S/C14H17N7S2/c15-13-17-18-14(23-13)22-10-6-2-5-9-21-19-12(16-20-21)11-7-3-1-4-8-11/h1,3-4,7-8H,2,5-6,9-10H2,(H2,15,17). The second-order valence-corrected chi connectivity index (χ2v) is 7.24. The minimum atomic E-state index is 0.527. The number of aryl methyl sites for hydroxylation is 1. The molecule has 23 heavy (non-hydrogen) atoms. The van der Waals surface area contributed by atoms with E-state index >= 15 is 0 Å². The van der Waals surface area contributed by atoms with E-state index in [-0.39, 0.29) is 0 Å². The molecule has 0 bridgehead atoms. The number of rotatable bonds is 8. The van der Waals surface area contributed by atoms with Gasteiger partial charge in [-0.05, 0) is 18.1 Å². The molecule has 1 aromatic carbocycles. The van der Waals surface area contributed by atoms with E-state index in [0.29, 0.717) is 11.0 Å². The summed E-state index contributed by atoms with van der Waals surface area (Å²) >= 11 is 3.14. The molecular weight excluding hydrogens is 330 g/mol. The van der Waals surface area contributed by atoms with Gasteiger partial charge < -0.3 is 5.73 Å². The average Bonchev–Trinajstić information content (AvgIpc) is 3.21. The molecule has 3 rings (SSSR count). The smallest absolute Gasteiger partial charge is 0.204 e. The predicted molar refractivity (Wildman–Crippen MR) is 92.1 cm³/mol. The quantitative estimate of drug-likeness (QED) is 0.494. The van der Waals surface area contributed by atoms with Crippen molar-refractivity contribution in [2.75, 3.05) is 11.5 Å². The maximum absolute atomic E-state index is 5.55. The van der Waals surface area contributed by atoms with Gasteiger partial charge in [0.15, 0.2) is 4.34 Å². The van der Waals surface area contributed by atoms with Crippen molar-refractivity contribution in [2.24, 2.45) is 0 Å². The van der Waals surface area contributed by atoms with Gasteiger partial charge >= 0.3 is 0 Å². The van der Waals surface area contributed by atoms with E-state index in [1.165, 1.54) is 11.3 Å². The Hall–Kier alpha value is -2.00. The number of tetrazole rings is 1. The molecule has 0 aliphatic heterocycles. The van der Waals surface area contributed by atoms with Crippen LogP contribution >= 0.6 is 23.1 Å². The van der Waals surface area contributed by atoms with Gasteiger partial charge in [-0.15, -0.1) is 20.4 Å². The monoisotopic (exact) mass is 347 g/mol. The highest BCUT2D eigenvalue weighted by Crippen LogP contribution is 2.24. The zero-order valence-electron chi connectivity index (χ0n) is 12.5. The first-order valence-corrected chi connectivity index (χ1v) is 9.16. The molecule has 2 heterocycles. The third-order valence-electron chi connectivity index (χ3n) is 3.13. The van der Waals surface area contributed by atoms with Crippen molar-refractivity contribution in [3.05, 3.63) is 30.3 Å². The first-order valence-electron chi connectivity index (χ1n) is 7.36. The molecule has 0 saturated heterocycles. The van der Waals surface area contributed by atoms with Crippen LogP contribution in [0.1, 0.15) is 19.3 Å². The summed E-state index contributed by atoms with van der Waals surface area (Å²) in [6.07, 6.45) is 3.26. The van der Waals surface area contributed by atoms with Crippen LogP contribution in [0.3, 0.4) is 0 Å². The van der Waals surface area contributed by atoms with Crippen LogP contribution in [0, 0.1) is 0 Å². The fourth-order valence-electron chi connectivity index (χ4n) is 2.01. The number of benzene rings is 1. The summed E-state index contributed by atoms with van der Waals surface area (Å²) in [6, 6.07) is 9.89. The topological polar surface area (TPSA) is 95.4 Å². The Morgan fingerprint density at radius 2 is 1.91 bits per heavy atom. The Morgan fingerprint density at radius 3 is 2.70 bits per heavy atom. The summed E-state index contributed by atoms with van der Waals surface area (Å²) in [5.74, 6) is 1.70. The highest BCUT2D eigenvalue weighted by Gasteiger charge is 2.05. The predicted octanol–water partition coefficient (Wildman–Crippen LogP) is 2.74. The molecule has 7 nitrogen and oxygen atoms in total. The van der Waals surface area contributed by atoms with Crippen LogP contribution in [-0.2, 0) is 6.54 Å². The summed E-state index contributed by atoms with van der Waals surface area (Å²) in [6.45, 7) is 0.788. The van der Waals surface area contributed by atoms with E-state index in [1.54, 1.807) is 16.6 Å². The maximum atomic E-state index is 5.55. The Labute approximate surface area is 142 Å². The van der Waals surface area contributed by atoms with Crippen LogP contribution < -0.4 is 5.73 Å². The minimum absolute atomic E-state index is 0.527. The number of hydrogen-bond donors (Lipinski definition) is 1. The van der Waals surface area contributed by atoms with Crippen molar-refractivity contribution in [1.82, 2.24) is 30.4 Å². The van der Waals surface area contributed by atoms with Gasteiger partial charge in [-0.1, -0.05) is 59.9 Å². The second kappa shape index (κ2) is 8.02. The highest BCUT2D eigenvalue weighted by atomic mass is 32.2. The van der Waals surface area contributed by atoms with Crippen molar-refractivity contribution in [3.63, 3.8) is 0 Å². The zero-order valence-corrected chi connectivity index (χ0v) is 14.1.